The van der Waals surface area contributed by atoms with Crippen molar-refractivity contribution in [2.24, 2.45) is 5.92 Å². The molecule has 0 unspecified atom stereocenters. The smallest absolute Gasteiger partial charge is 0.234 e. The van der Waals surface area contributed by atoms with E-state index < -0.39 is 0 Å². The highest BCUT2D eigenvalue weighted by Crippen LogP contribution is 2.23. The molecule has 0 bridgehead atoms. The molecule has 14 heavy (non-hydrogen) atoms. The van der Waals surface area contributed by atoms with Crippen molar-refractivity contribution < 1.29 is 4.79 Å². The number of hydrogen-bond donors (Lipinski definition) is 2. The first-order chi connectivity index (χ1) is 6.79. The molecule has 2 rings (SSSR count). The van der Waals surface area contributed by atoms with Gasteiger partial charge in [-0.15, -0.1) is 0 Å². The van der Waals surface area contributed by atoms with Gasteiger partial charge in [-0.05, 0) is 25.8 Å². The molecule has 2 fully saturated rings. The van der Waals surface area contributed by atoms with Crippen LogP contribution in [-0.2, 0) is 4.79 Å². The van der Waals surface area contributed by atoms with Crippen LogP contribution in [0.15, 0.2) is 0 Å². The predicted molar refractivity (Wildman–Crippen MR) is 55.0 cm³/mol. The lowest BCUT2D eigenvalue weighted by atomic mass is 10.1. The van der Waals surface area contributed by atoms with Crippen molar-refractivity contribution in [3.63, 3.8) is 0 Å². The molecule has 4 nitrogen and oxygen atoms in total. The number of amides is 1. The van der Waals surface area contributed by atoms with Gasteiger partial charge in [-0.2, -0.15) is 0 Å². The van der Waals surface area contributed by atoms with Gasteiger partial charge in [-0.25, -0.2) is 0 Å². The van der Waals surface area contributed by atoms with Gasteiger partial charge < -0.3 is 10.6 Å². The van der Waals surface area contributed by atoms with Crippen molar-refractivity contribution in [3.05, 3.63) is 0 Å². The first kappa shape index (κ1) is 9.93. The van der Waals surface area contributed by atoms with E-state index in [-0.39, 0.29) is 5.91 Å². The Morgan fingerprint density at radius 2 is 2.43 bits per heavy atom. The third-order valence-electron chi connectivity index (χ3n) is 3.18. The summed E-state index contributed by atoms with van der Waals surface area (Å²) in [4.78, 5) is 13.6. The number of hydrogen-bond acceptors (Lipinski definition) is 3. The van der Waals surface area contributed by atoms with E-state index in [1.165, 1.54) is 6.42 Å². The number of nitrogens with zero attached hydrogens (tertiary/aromatic N) is 1. The van der Waals surface area contributed by atoms with Crippen LogP contribution < -0.4 is 10.6 Å². The normalized spacial score (nSPS) is 31.8. The zero-order valence-electron chi connectivity index (χ0n) is 8.75. The second-order valence-corrected chi connectivity index (χ2v) is 4.26. The third-order valence-corrected chi connectivity index (χ3v) is 3.18. The van der Waals surface area contributed by atoms with Crippen molar-refractivity contribution in [2.75, 3.05) is 32.7 Å². The van der Waals surface area contributed by atoms with Crippen LogP contribution in [0, 0.1) is 5.92 Å². The number of nitrogens with one attached hydrogen (secondary N) is 2. The van der Waals surface area contributed by atoms with Gasteiger partial charge in [0.15, 0.2) is 0 Å². The molecule has 0 spiro atoms. The van der Waals surface area contributed by atoms with Crippen molar-refractivity contribution in [1.29, 1.82) is 0 Å². The Labute approximate surface area is 85.0 Å². The molecule has 0 aromatic rings. The standard InChI is InChI=1S/C10H19N3O/c1-2-11-10(14)7-13-5-8-3-4-12-9(8)6-13/h8-9,12H,2-7H2,1H3,(H,11,14)/t8-,9+/m0/s1. The topological polar surface area (TPSA) is 44.4 Å². The van der Waals surface area contributed by atoms with Gasteiger partial charge >= 0.3 is 0 Å². The number of carbonyl (C=O) groups is 1. The summed E-state index contributed by atoms with van der Waals surface area (Å²) >= 11 is 0. The second kappa shape index (κ2) is 4.28. The summed E-state index contributed by atoms with van der Waals surface area (Å²) in [6.45, 7) is 6.55. The first-order valence-electron chi connectivity index (χ1n) is 5.52. The largest absolute Gasteiger partial charge is 0.355 e. The van der Waals surface area contributed by atoms with E-state index >= 15 is 0 Å². The molecule has 1 amide bonds. The van der Waals surface area contributed by atoms with E-state index in [0.29, 0.717) is 12.6 Å². The molecule has 0 aromatic heterocycles. The minimum absolute atomic E-state index is 0.160. The van der Waals surface area contributed by atoms with Gasteiger partial charge in [-0.3, -0.25) is 9.69 Å². The fraction of sp³-hybridized carbons (Fsp3) is 0.900. The maximum Gasteiger partial charge on any atom is 0.234 e. The summed E-state index contributed by atoms with van der Waals surface area (Å²) in [7, 11) is 0. The minimum Gasteiger partial charge on any atom is -0.355 e. The number of rotatable bonds is 3. The predicted octanol–water partition coefficient (Wildman–Crippen LogP) is -0.584. The fourth-order valence-electron chi connectivity index (χ4n) is 2.52. The van der Waals surface area contributed by atoms with Gasteiger partial charge in [-0.1, -0.05) is 0 Å². The number of carbonyl (C=O) groups excluding carboxylic acids is 1. The molecule has 4 heteroatoms. The highest BCUT2D eigenvalue weighted by molar-refractivity contribution is 5.77. The Morgan fingerprint density at radius 3 is 3.14 bits per heavy atom. The molecule has 2 heterocycles. The van der Waals surface area contributed by atoms with Crippen LogP contribution in [0.25, 0.3) is 0 Å². The van der Waals surface area contributed by atoms with E-state index in [0.717, 1.165) is 32.1 Å². The molecule has 80 valence electrons. The summed E-state index contributed by atoms with van der Waals surface area (Å²) < 4.78 is 0. The first-order valence-corrected chi connectivity index (χ1v) is 5.52. The summed E-state index contributed by atoms with van der Waals surface area (Å²) in [5, 5.41) is 6.32. The van der Waals surface area contributed by atoms with Gasteiger partial charge in [0, 0.05) is 25.7 Å². The van der Waals surface area contributed by atoms with Gasteiger partial charge in [0.1, 0.15) is 0 Å². The average molecular weight is 197 g/mol. The quantitative estimate of drug-likeness (QED) is 0.636. The van der Waals surface area contributed by atoms with Crippen molar-refractivity contribution in [1.82, 2.24) is 15.5 Å². The highest BCUT2D eigenvalue weighted by Gasteiger charge is 2.36. The maximum atomic E-state index is 11.3. The van der Waals surface area contributed by atoms with Crippen molar-refractivity contribution >= 4 is 5.91 Å². The summed E-state index contributed by atoms with van der Waals surface area (Å²) in [5.74, 6) is 0.942. The number of likely N-dealkylation sites (N-methyl/N-ethyl adjacent to an activating group) is 1. The third kappa shape index (κ3) is 2.07. The van der Waals surface area contributed by atoms with E-state index in [2.05, 4.69) is 15.5 Å². The molecular formula is C10H19N3O. The van der Waals surface area contributed by atoms with E-state index in [4.69, 9.17) is 0 Å². The molecule has 2 aliphatic heterocycles. The maximum absolute atomic E-state index is 11.3. The Hall–Kier alpha value is -0.610. The summed E-state index contributed by atoms with van der Waals surface area (Å²) in [6, 6.07) is 0.643. The molecule has 0 saturated carbocycles. The van der Waals surface area contributed by atoms with Gasteiger partial charge in [0.2, 0.25) is 5.91 Å². The average Bonchev–Trinajstić information content (AvgIpc) is 2.63. The Kier molecular flexibility index (Phi) is 3.03. The van der Waals surface area contributed by atoms with Gasteiger partial charge in [0.25, 0.3) is 0 Å². The fourth-order valence-corrected chi connectivity index (χ4v) is 2.52. The summed E-state index contributed by atoms with van der Waals surface area (Å²) in [6.07, 6.45) is 1.27. The van der Waals surface area contributed by atoms with Crippen molar-refractivity contribution in [3.8, 4) is 0 Å². The van der Waals surface area contributed by atoms with Gasteiger partial charge in [0.05, 0.1) is 6.54 Å². The Balaban J connectivity index is 1.76. The highest BCUT2D eigenvalue weighted by atomic mass is 16.2. The molecular weight excluding hydrogens is 178 g/mol. The molecule has 0 aromatic carbocycles. The lowest BCUT2D eigenvalue weighted by Gasteiger charge is -2.15. The number of likely N-dealkylation sites (tertiary alicyclic amines) is 1. The second-order valence-electron chi connectivity index (χ2n) is 4.26. The van der Waals surface area contributed by atoms with E-state index in [9.17, 15) is 4.79 Å². The van der Waals surface area contributed by atoms with E-state index in [1.54, 1.807) is 0 Å². The Morgan fingerprint density at radius 1 is 1.57 bits per heavy atom. The molecule has 2 atom stereocenters. The molecule has 0 aliphatic carbocycles. The molecule has 2 aliphatic rings. The van der Waals surface area contributed by atoms with Crippen LogP contribution in [0.1, 0.15) is 13.3 Å². The van der Waals surface area contributed by atoms with E-state index in [1.807, 2.05) is 6.92 Å². The van der Waals surface area contributed by atoms with Crippen LogP contribution in [-0.4, -0.2) is 49.6 Å². The molecule has 0 radical (unpaired) electrons. The van der Waals surface area contributed by atoms with Crippen molar-refractivity contribution in [2.45, 2.75) is 19.4 Å². The Bertz CT molecular complexity index is 207. The lowest BCUT2D eigenvalue weighted by molar-refractivity contribution is -0.121. The zero-order valence-corrected chi connectivity index (χ0v) is 8.75. The lowest BCUT2D eigenvalue weighted by Crippen LogP contribution is -2.38. The number of fused-ring (bicyclic) bond motifs is 1. The summed E-state index contributed by atoms with van der Waals surface area (Å²) in [5.41, 5.74) is 0. The van der Waals surface area contributed by atoms with Crippen LogP contribution in [0.3, 0.4) is 0 Å². The van der Waals surface area contributed by atoms with Crippen LogP contribution in [0.2, 0.25) is 0 Å². The SMILES string of the molecule is CCNC(=O)CN1C[C@@H]2CCN[C@@H]2C1. The van der Waals surface area contributed by atoms with Crippen LogP contribution in [0.4, 0.5) is 0 Å². The van der Waals surface area contributed by atoms with Crippen LogP contribution >= 0.6 is 0 Å². The van der Waals surface area contributed by atoms with Crippen LogP contribution in [0.5, 0.6) is 0 Å². The minimum atomic E-state index is 0.160. The molecule has 2 saturated heterocycles. The molecule has 2 N–H and O–H groups in total. The zero-order chi connectivity index (χ0) is 9.97. The monoisotopic (exact) mass is 197 g/mol.